The van der Waals surface area contributed by atoms with Crippen molar-refractivity contribution in [1.29, 1.82) is 0 Å². The van der Waals surface area contributed by atoms with Crippen LogP contribution in [-0.4, -0.2) is 31.3 Å². The number of hydrogen-bond donors (Lipinski definition) is 0. The van der Waals surface area contributed by atoms with Gasteiger partial charge in [-0.15, -0.1) is 0 Å². The van der Waals surface area contributed by atoms with Crippen LogP contribution in [0.15, 0.2) is 29.2 Å². The van der Waals surface area contributed by atoms with Crippen LogP contribution in [0.25, 0.3) is 0 Å². The molecular formula is C12H15NaO6S. The Morgan fingerprint density at radius 3 is 1.90 bits per heavy atom. The summed E-state index contributed by atoms with van der Waals surface area (Å²) in [7, 11) is -4.27. The fourth-order valence-electron chi connectivity index (χ4n) is 0.938. The molecule has 0 N–H and O–H groups in total. The Hall–Kier alpha value is -0.730. The van der Waals surface area contributed by atoms with Crippen LogP contribution in [0.5, 0.6) is 0 Å². The van der Waals surface area contributed by atoms with Crippen molar-refractivity contribution in [3.8, 4) is 0 Å². The van der Waals surface area contributed by atoms with Gasteiger partial charge in [-0.3, -0.25) is 4.79 Å². The van der Waals surface area contributed by atoms with Crippen molar-refractivity contribution in [2.24, 2.45) is 0 Å². The molecule has 0 amide bonds. The van der Waals surface area contributed by atoms with Crippen LogP contribution in [-0.2, 0) is 24.4 Å². The molecule has 0 atom stereocenters. The minimum absolute atomic E-state index is 0. The van der Waals surface area contributed by atoms with Gasteiger partial charge in [0, 0.05) is 6.92 Å². The summed E-state index contributed by atoms with van der Waals surface area (Å²) in [5, 5.41) is 0. The van der Waals surface area contributed by atoms with E-state index in [2.05, 4.69) is 4.74 Å². The summed E-state index contributed by atoms with van der Waals surface area (Å²) in [4.78, 5) is 20.1. The monoisotopic (exact) mass is 310 g/mol. The summed E-state index contributed by atoms with van der Waals surface area (Å²) in [6.07, 6.45) is 0. The molecule has 0 bridgehead atoms. The number of ketones is 1. The molecule has 1 aromatic rings. The van der Waals surface area contributed by atoms with Gasteiger partial charge in [-0.2, -0.15) is 0 Å². The molecule has 0 aliphatic carbocycles. The van der Waals surface area contributed by atoms with Gasteiger partial charge in [0.15, 0.2) is 0 Å². The van der Waals surface area contributed by atoms with Crippen molar-refractivity contribution < 1.29 is 56.9 Å². The van der Waals surface area contributed by atoms with E-state index in [4.69, 9.17) is 0 Å². The number of benzene rings is 1. The maximum absolute atomic E-state index is 10.4. The Morgan fingerprint density at radius 1 is 1.20 bits per heavy atom. The van der Waals surface area contributed by atoms with Crippen molar-refractivity contribution in [2.45, 2.75) is 25.7 Å². The molecule has 0 unspecified atom stereocenters. The number of esters is 1. The Labute approximate surface area is 140 Å². The molecule has 0 aliphatic heterocycles. The van der Waals surface area contributed by atoms with Crippen LogP contribution in [0.1, 0.15) is 19.4 Å². The number of rotatable bonds is 3. The van der Waals surface area contributed by atoms with Crippen molar-refractivity contribution >= 4 is 21.9 Å². The van der Waals surface area contributed by atoms with E-state index in [1.807, 2.05) is 6.92 Å². The van der Waals surface area contributed by atoms with Gasteiger partial charge < -0.3 is 9.29 Å². The molecule has 0 spiro atoms. The van der Waals surface area contributed by atoms with Crippen molar-refractivity contribution in [2.75, 3.05) is 6.61 Å². The molecule has 0 radical (unpaired) electrons. The van der Waals surface area contributed by atoms with E-state index in [0.29, 0.717) is 0 Å². The van der Waals surface area contributed by atoms with Gasteiger partial charge in [0.25, 0.3) is 0 Å². The smallest absolute Gasteiger partial charge is 0.744 e. The van der Waals surface area contributed by atoms with Crippen molar-refractivity contribution in [3.63, 3.8) is 0 Å². The summed E-state index contributed by atoms with van der Waals surface area (Å²) < 4.78 is 35.5. The zero-order chi connectivity index (χ0) is 15.1. The number of hydrogen-bond acceptors (Lipinski definition) is 6. The molecule has 8 heteroatoms. The summed E-state index contributed by atoms with van der Waals surface area (Å²) in [6, 6.07) is 5.78. The molecule has 0 aromatic heterocycles. The molecule has 6 nitrogen and oxygen atoms in total. The maximum Gasteiger partial charge on any atom is 1.00 e. The molecule has 1 aromatic carbocycles. The topological polar surface area (TPSA) is 101 Å². The van der Waals surface area contributed by atoms with E-state index in [9.17, 15) is 22.6 Å². The van der Waals surface area contributed by atoms with E-state index in [-0.39, 0.29) is 41.1 Å². The van der Waals surface area contributed by atoms with Crippen molar-refractivity contribution in [3.05, 3.63) is 29.8 Å². The first kappa shape index (κ1) is 21.6. The number of Topliss-reactive ketones (excluding diaryl/α,β-unsaturated/α-hetero) is 1. The zero-order valence-corrected chi connectivity index (χ0v) is 14.7. The average molecular weight is 310 g/mol. The van der Waals surface area contributed by atoms with E-state index in [0.717, 1.165) is 5.56 Å². The fraction of sp³-hybridized carbons (Fsp3) is 0.333. The average Bonchev–Trinajstić information content (AvgIpc) is 2.29. The predicted octanol–water partition coefficient (Wildman–Crippen LogP) is -1.96. The summed E-state index contributed by atoms with van der Waals surface area (Å²) in [6.45, 7) is 4.92. The number of ether oxygens (including phenoxy) is 1. The standard InChI is InChI=1S/C7H8O3S.C5H8O3.Na/c1-6-2-4-7(5-3-6)11(8,9)10;1-3-8-5(7)4(2)6;/h2-5H,1H3,(H,8,9,10);3H2,1-2H3;/q;;+1/p-1. The van der Waals surface area contributed by atoms with Crippen LogP contribution >= 0.6 is 0 Å². The predicted molar refractivity (Wildman–Crippen MR) is 66.5 cm³/mol. The Bertz CT molecular complexity index is 536. The molecule has 1 rings (SSSR count). The van der Waals surface area contributed by atoms with Crippen LogP contribution in [0.3, 0.4) is 0 Å². The largest absolute Gasteiger partial charge is 1.00 e. The van der Waals surface area contributed by atoms with Crippen LogP contribution in [0.2, 0.25) is 0 Å². The second kappa shape index (κ2) is 10.1. The van der Waals surface area contributed by atoms with Gasteiger partial charge in [-0.1, -0.05) is 17.7 Å². The van der Waals surface area contributed by atoms with Crippen LogP contribution in [0.4, 0.5) is 0 Å². The molecule has 0 fully saturated rings. The van der Waals surface area contributed by atoms with E-state index in [1.165, 1.54) is 19.1 Å². The number of aryl methyl sites for hydroxylation is 1. The third kappa shape index (κ3) is 9.22. The summed E-state index contributed by atoms with van der Waals surface area (Å²) in [5.41, 5.74) is 0.928. The Balaban J connectivity index is 0. The quantitative estimate of drug-likeness (QED) is 0.278. The maximum atomic E-state index is 10.4. The van der Waals surface area contributed by atoms with Gasteiger partial charge in [0.1, 0.15) is 10.1 Å². The second-order valence-electron chi connectivity index (χ2n) is 3.54. The third-order valence-corrected chi connectivity index (χ3v) is 2.72. The molecular weight excluding hydrogens is 295 g/mol. The molecule has 0 heterocycles. The van der Waals surface area contributed by atoms with E-state index >= 15 is 0 Å². The second-order valence-corrected chi connectivity index (χ2v) is 4.92. The fourth-order valence-corrected chi connectivity index (χ4v) is 1.41. The van der Waals surface area contributed by atoms with Gasteiger partial charge >= 0.3 is 35.5 Å². The molecule has 20 heavy (non-hydrogen) atoms. The van der Waals surface area contributed by atoms with Gasteiger partial charge in [-0.05, 0) is 26.0 Å². The number of carbonyl (C=O) groups excluding carboxylic acids is 2. The van der Waals surface area contributed by atoms with E-state index in [1.54, 1.807) is 19.1 Å². The van der Waals surface area contributed by atoms with Crippen molar-refractivity contribution in [1.82, 2.24) is 0 Å². The Morgan fingerprint density at radius 2 is 1.65 bits per heavy atom. The summed E-state index contributed by atoms with van der Waals surface area (Å²) in [5.74, 6) is -1.31. The minimum Gasteiger partial charge on any atom is -0.744 e. The molecule has 106 valence electrons. The van der Waals surface area contributed by atoms with Gasteiger partial charge in [0.2, 0.25) is 5.78 Å². The SMILES string of the molecule is CCOC(=O)C(C)=O.Cc1ccc(S(=O)(=O)[O-])cc1.[Na+]. The molecule has 0 saturated carbocycles. The van der Waals surface area contributed by atoms with Gasteiger partial charge in [-0.25, -0.2) is 13.2 Å². The zero-order valence-electron chi connectivity index (χ0n) is 11.9. The van der Waals surface area contributed by atoms with Crippen LogP contribution in [0, 0.1) is 6.92 Å². The summed E-state index contributed by atoms with van der Waals surface area (Å²) >= 11 is 0. The first-order valence-electron chi connectivity index (χ1n) is 5.38. The minimum atomic E-state index is -4.27. The first-order valence-corrected chi connectivity index (χ1v) is 6.79. The molecule has 0 aliphatic rings. The van der Waals surface area contributed by atoms with Gasteiger partial charge in [0.05, 0.1) is 11.5 Å². The third-order valence-electron chi connectivity index (χ3n) is 1.87. The Kier molecular flexibility index (Phi) is 10.9. The first-order chi connectivity index (χ1) is 8.68. The molecule has 0 saturated heterocycles. The van der Waals surface area contributed by atoms with Crippen LogP contribution < -0.4 is 29.6 Å². The normalized spacial score (nSPS) is 9.60. The number of carbonyl (C=O) groups is 2. The van der Waals surface area contributed by atoms with E-state index < -0.39 is 21.9 Å².